The number of amides is 3. The number of H-pyrrole nitrogens is 1. The van der Waals surface area contributed by atoms with Crippen molar-refractivity contribution in [2.24, 2.45) is 11.8 Å². The minimum absolute atomic E-state index is 0.0755. The number of anilines is 1. The summed E-state index contributed by atoms with van der Waals surface area (Å²) >= 11 is 3.16. The highest BCUT2D eigenvalue weighted by atomic mass is 79.9. The van der Waals surface area contributed by atoms with Gasteiger partial charge in [0.15, 0.2) is 0 Å². The number of para-hydroxylation sites is 1. The molecule has 4 aromatic rings. The van der Waals surface area contributed by atoms with Crippen LogP contribution < -0.4 is 16.7 Å². The van der Waals surface area contributed by atoms with Crippen molar-refractivity contribution in [3.8, 4) is 0 Å². The Labute approximate surface area is 307 Å². The van der Waals surface area contributed by atoms with E-state index in [4.69, 9.17) is 5.73 Å². The molecule has 2 aromatic heterocycles. The number of nitrogens with zero attached hydrogens (tertiary/aromatic N) is 5. The number of urea groups is 1. The van der Waals surface area contributed by atoms with Crippen LogP contribution in [0, 0.1) is 11.8 Å². The summed E-state index contributed by atoms with van der Waals surface area (Å²) in [5, 5.41) is 3.74. The highest BCUT2D eigenvalue weighted by Crippen LogP contribution is 2.38. The Balaban J connectivity index is 1.06. The summed E-state index contributed by atoms with van der Waals surface area (Å²) in [4.78, 5) is 54.3. The molecule has 1 atom stereocenters. The molecule has 3 aliphatic heterocycles. The average molecular weight is 786 g/mol. The standard InChI is InChI=1S/C37H44BrF3N8O3/c1-46-12-6-23(7-13-46)24-8-14-47(15-9-24)34(50)30(20-22-18-27(37(39,40)41)32(42)28(38)19-22)44-35(51)48-16-10-25(11-17-48)49-31-21-43-29-5-3-2-4-26(29)33(31)45-36(49)52/h2-5,18-19,21,23-25,30H,6-17,20,42H2,1H3,(H,44,51)(H,45,52)/t30-/m1/s1. The van der Waals surface area contributed by atoms with Crippen LogP contribution in [0.2, 0.25) is 0 Å². The quantitative estimate of drug-likeness (QED) is 0.213. The largest absolute Gasteiger partial charge is 0.418 e. The summed E-state index contributed by atoms with van der Waals surface area (Å²) in [7, 11) is 2.13. The summed E-state index contributed by atoms with van der Waals surface area (Å²) in [6.07, 6.45) is 1.86. The first-order chi connectivity index (χ1) is 24.9. The van der Waals surface area contributed by atoms with Gasteiger partial charge >= 0.3 is 17.9 Å². The van der Waals surface area contributed by atoms with Gasteiger partial charge in [0.05, 0.1) is 34.0 Å². The number of halogens is 4. The van der Waals surface area contributed by atoms with Crippen molar-refractivity contribution in [1.29, 1.82) is 0 Å². The molecule has 0 spiro atoms. The molecule has 278 valence electrons. The number of imidazole rings is 1. The molecule has 0 bridgehead atoms. The van der Waals surface area contributed by atoms with E-state index in [0.717, 1.165) is 61.3 Å². The summed E-state index contributed by atoms with van der Waals surface area (Å²) in [6.45, 7) is 3.86. The number of aromatic nitrogens is 3. The average Bonchev–Trinajstić information content (AvgIpc) is 3.48. The summed E-state index contributed by atoms with van der Waals surface area (Å²) in [5.41, 5.74) is 6.53. The van der Waals surface area contributed by atoms with Crippen LogP contribution >= 0.6 is 15.9 Å². The Bertz CT molecular complexity index is 2010. The minimum atomic E-state index is -4.69. The smallest absolute Gasteiger partial charge is 0.397 e. The molecule has 4 N–H and O–H groups in total. The van der Waals surface area contributed by atoms with Gasteiger partial charge < -0.3 is 30.7 Å². The summed E-state index contributed by atoms with van der Waals surface area (Å²) in [5.74, 6) is 0.834. The molecule has 3 fully saturated rings. The van der Waals surface area contributed by atoms with Crippen LogP contribution in [-0.4, -0.2) is 93.5 Å². The molecule has 3 aliphatic rings. The van der Waals surface area contributed by atoms with E-state index in [0.29, 0.717) is 56.4 Å². The molecule has 0 radical (unpaired) electrons. The maximum atomic E-state index is 14.1. The number of benzene rings is 2. The molecule has 0 unspecified atom stereocenters. The van der Waals surface area contributed by atoms with Gasteiger partial charge in [-0.2, -0.15) is 13.2 Å². The number of carbonyl (C=O) groups is 2. The number of rotatable bonds is 6. The fraction of sp³-hybridized carbons (Fsp3) is 0.514. The van der Waals surface area contributed by atoms with Crippen molar-refractivity contribution in [1.82, 2.24) is 34.6 Å². The van der Waals surface area contributed by atoms with Crippen molar-refractivity contribution in [3.05, 3.63) is 68.7 Å². The SMILES string of the molecule is CN1CCC(C2CCN(C(=O)[C@@H](Cc3cc(Br)c(N)c(C(F)(F)F)c3)NC(=O)N3CCC(n4c(=O)[nH]c5c6ccccc6ncc54)CC3)CC2)CC1. The number of alkyl halides is 3. The Morgan fingerprint density at radius 2 is 1.62 bits per heavy atom. The molecule has 7 rings (SSSR count). The van der Waals surface area contributed by atoms with Crippen molar-refractivity contribution < 1.29 is 22.8 Å². The van der Waals surface area contributed by atoms with Crippen LogP contribution in [-0.2, 0) is 17.4 Å². The van der Waals surface area contributed by atoms with E-state index in [1.807, 2.05) is 24.3 Å². The lowest BCUT2D eigenvalue weighted by molar-refractivity contribution is -0.137. The van der Waals surface area contributed by atoms with Gasteiger partial charge in [-0.3, -0.25) is 14.3 Å². The number of fused-ring (bicyclic) bond motifs is 3. The molecule has 11 nitrogen and oxygen atoms in total. The lowest BCUT2D eigenvalue weighted by Crippen LogP contribution is -2.55. The van der Waals surface area contributed by atoms with E-state index < -0.39 is 29.5 Å². The van der Waals surface area contributed by atoms with Crippen molar-refractivity contribution in [2.45, 2.75) is 63.2 Å². The number of nitrogens with one attached hydrogen (secondary N) is 2. The number of hydrogen-bond donors (Lipinski definition) is 3. The van der Waals surface area contributed by atoms with E-state index in [1.165, 1.54) is 6.07 Å². The Hall–Kier alpha value is -4.11. The number of pyridine rings is 1. The second kappa shape index (κ2) is 14.7. The number of piperidine rings is 3. The first kappa shape index (κ1) is 36.3. The van der Waals surface area contributed by atoms with Gasteiger partial charge in [0.25, 0.3) is 0 Å². The Kier molecular flexibility index (Phi) is 10.3. The predicted molar refractivity (Wildman–Crippen MR) is 197 cm³/mol. The second-order valence-corrected chi connectivity index (χ2v) is 15.5. The number of hydrogen-bond acceptors (Lipinski definition) is 6. The van der Waals surface area contributed by atoms with Gasteiger partial charge in [0.2, 0.25) is 5.91 Å². The van der Waals surface area contributed by atoms with Crippen LogP contribution in [0.25, 0.3) is 21.9 Å². The van der Waals surface area contributed by atoms with Gasteiger partial charge in [-0.05, 0) is 110 Å². The zero-order valence-corrected chi connectivity index (χ0v) is 30.7. The zero-order valence-electron chi connectivity index (χ0n) is 29.1. The van der Waals surface area contributed by atoms with Gasteiger partial charge in [0, 0.05) is 48.5 Å². The number of likely N-dealkylation sites (tertiary alicyclic amines) is 3. The lowest BCUT2D eigenvalue weighted by atomic mass is 9.79. The molecule has 15 heteroatoms. The molecule has 0 saturated carbocycles. The van der Waals surface area contributed by atoms with E-state index >= 15 is 0 Å². The van der Waals surface area contributed by atoms with Gasteiger partial charge in [0.1, 0.15) is 6.04 Å². The molecule has 3 saturated heterocycles. The van der Waals surface area contributed by atoms with Crippen LogP contribution in [0.1, 0.15) is 55.7 Å². The third kappa shape index (κ3) is 7.39. The number of carbonyl (C=O) groups excluding carboxylic acids is 2. The monoisotopic (exact) mass is 784 g/mol. The van der Waals surface area contributed by atoms with Crippen LogP contribution in [0.4, 0.5) is 23.7 Å². The minimum Gasteiger partial charge on any atom is -0.397 e. The molecule has 5 heterocycles. The second-order valence-electron chi connectivity index (χ2n) is 14.6. The van der Waals surface area contributed by atoms with Gasteiger partial charge in [-0.15, -0.1) is 0 Å². The van der Waals surface area contributed by atoms with E-state index in [1.54, 1.807) is 20.6 Å². The fourth-order valence-electron chi connectivity index (χ4n) is 8.43. The number of aromatic amines is 1. The van der Waals surface area contributed by atoms with Crippen molar-refractivity contribution >= 4 is 55.5 Å². The normalized spacial score (nSPS) is 19.4. The topological polar surface area (TPSA) is 133 Å². The van der Waals surface area contributed by atoms with Crippen LogP contribution in [0.15, 0.2) is 51.9 Å². The molecular weight excluding hydrogens is 741 g/mol. The first-order valence-corrected chi connectivity index (χ1v) is 18.8. The summed E-state index contributed by atoms with van der Waals surface area (Å²) < 4.78 is 43.5. The third-order valence-corrected chi connectivity index (χ3v) is 12.1. The van der Waals surface area contributed by atoms with Gasteiger partial charge in [-0.25, -0.2) is 9.59 Å². The van der Waals surface area contributed by atoms with Crippen molar-refractivity contribution in [2.75, 3.05) is 52.0 Å². The third-order valence-electron chi connectivity index (χ3n) is 11.4. The Morgan fingerprint density at radius 1 is 0.981 bits per heavy atom. The van der Waals surface area contributed by atoms with Crippen LogP contribution in [0.5, 0.6) is 0 Å². The van der Waals surface area contributed by atoms with E-state index in [9.17, 15) is 27.6 Å². The predicted octanol–water partition coefficient (Wildman–Crippen LogP) is 5.78. The molecule has 2 aromatic carbocycles. The maximum absolute atomic E-state index is 14.1. The Morgan fingerprint density at radius 3 is 2.29 bits per heavy atom. The zero-order chi connectivity index (χ0) is 36.7. The maximum Gasteiger partial charge on any atom is 0.418 e. The molecule has 52 heavy (non-hydrogen) atoms. The molecular formula is C37H44BrF3N8O3. The fourth-order valence-corrected chi connectivity index (χ4v) is 8.93. The summed E-state index contributed by atoms with van der Waals surface area (Å²) in [6, 6.07) is 8.30. The first-order valence-electron chi connectivity index (χ1n) is 18.0. The highest BCUT2D eigenvalue weighted by molar-refractivity contribution is 9.10. The van der Waals surface area contributed by atoms with Crippen LogP contribution in [0.3, 0.4) is 0 Å². The van der Waals surface area contributed by atoms with Crippen molar-refractivity contribution in [3.63, 3.8) is 0 Å². The van der Waals surface area contributed by atoms with Gasteiger partial charge in [-0.1, -0.05) is 18.2 Å². The number of nitrogen functional groups attached to an aromatic ring is 1. The molecule has 3 amide bonds. The van der Waals surface area contributed by atoms with E-state index in [-0.39, 0.29) is 34.1 Å². The molecule has 0 aliphatic carbocycles. The lowest BCUT2D eigenvalue weighted by Gasteiger charge is -2.40. The highest BCUT2D eigenvalue weighted by Gasteiger charge is 2.37. The van der Waals surface area contributed by atoms with E-state index in [2.05, 4.69) is 43.2 Å². The number of nitrogens with two attached hydrogens (primary N) is 1.